The molecule has 0 aliphatic heterocycles. The number of halogens is 1. The summed E-state index contributed by atoms with van der Waals surface area (Å²) < 4.78 is 0. The van der Waals surface area contributed by atoms with Crippen LogP contribution in [0.4, 0.5) is 0 Å². The monoisotopic (exact) mass is 213 g/mol. The van der Waals surface area contributed by atoms with Crippen molar-refractivity contribution >= 4 is 17.6 Å². The van der Waals surface area contributed by atoms with Gasteiger partial charge in [0, 0.05) is 10.9 Å². The molecule has 0 fully saturated rings. The number of nitrogens with two attached hydrogens (primary N) is 1. The average molecular weight is 214 g/mol. The number of hydrogen-bond acceptors (Lipinski definition) is 2. The average Bonchev–Trinajstić information content (AvgIpc) is 2.15. The summed E-state index contributed by atoms with van der Waals surface area (Å²) in [6.07, 6.45) is 0.0141. The number of benzene rings is 1. The van der Waals surface area contributed by atoms with E-state index in [4.69, 9.17) is 22.4 Å². The summed E-state index contributed by atoms with van der Waals surface area (Å²) in [5.74, 6) is -1.07. The standard InChI is InChI=1S/C10H12ClNO2/c11-9-4-2-1-3-8(9)7(6-12)5-10(13)14/h1-4,7H,5-6,12H2,(H,13,14). The fourth-order valence-corrected chi connectivity index (χ4v) is 1.63. The van der Waals surface area contributed by atoms with E-state index in [-0.39, 0.29) is 18.9 Å². The molecule has 1 aromatic carbocycles. The number of hydrogen-bond donors (Lipinski definition) is 2. The van der Waals surface area contributed by atoms with Crippen LogP contribution in [-0.2, 0) is 4.79 Å². The molecule has 0 amide bonds. The third-order valence-corrected chi connectivity index (χ3v) is 2.39. The molecule has 1 unspecified atom stereocenters. The number of carboxylic acid groups (broad SMARTS) is 1. The van der Waals surface area contributed by atoms with Crippen molar-refractivity contribution in [3.8, 4) is 0 Å². The molecule has 0 saturated carbocycles. The van der Waals surface area contributed by atoms with Gasteiger partial charge in [0.1, 0.15) is 0 Å². The maximum Gasteiger partial charge on any atom is 0.304 e. The van der Waals surface area contributed by atoms with Crippen LogP contribution >= 0.6 is 11.6 Å². The Hall–Kier alpha value is -1.06. The van der Waals surface area contributed by atoms with E-state index >= 15 is 0 Å². The van der Waals surface area contributed by atoms with E-state index in [9.17, 15) is 4.79 Å². The Bertz CT molecular complexity index is 328. The fraction of sp³-hybridized carbons (Fsp3) is 0.300. The lowest BCUT2D eigenvalue weighted by molar-refractivity contribution is -0.137. The zero-order valence-corrected chi connectivity index (χ0v) is 8.37. The number of carboxylic acids is 1. The highest BCUT2D eigenvalue weighted by molar-refractivity contribution is 6.31. The highest BCUT2D eigenvalue weighted by Gasteiger charge is 2.15. The molecule has 0 saturated heterocycles. The Morgan fingerprint density at radius 3 is 2.64 bits per heavy atom. The number of aliphatic carboxylic acids is 1. The van der Waals surface area contributed by atoms with Crippen molar-refractivity contribution in [1.82, 2.24) is 0 Å². The van der Waals surface area contributed by atoms with Crippen molar-refractivity contribution < 1.29 is 9.90 Å². The predicted octanol–water partition coefficient (Wildman–Crippen LogP) is 1.86. The van der Waals surface area contributed by atoms with Gasteiger partial charge >= 0.3 is 5.97 Å². The summed E-state index contributed by atoms with van der Waals surface area (Å²) in [6.45, 7) is 0.288. The van der Waals surface area contributed by atoms with Gasteiger partial charge in [-0.15, -0.1) is 0 Å². The Morgan fingerprint density at radius 2 is 2.14 bits per heavy atom. The van der Waals surface area contributed by atoms with Crippen molar-refractivity contribution in [3.63, 3.8) is 0 Å². The van der Waals surface area contributed by atoms with Crippen LogP contribution in [0.15, 0.2) is 24.3 Å². The summed E-state index contributed by atoms with van der Waals surface area (Å²) in [5, 5.41) is 9.24. The first kappa shape index (κ1) is 11.0. The topological polar surface area (TPSA) is 63.3 Å². The minimum atomic E-state index is -0.861. The molecule has 3 nitrogen and oxygen atoms in total. The van der Waals surface area contributed by atoms with Crippen molar-refractivity contribution in [1.29, 1.82) is 0 Å². The maximum atomic E-state index is 10.6. The fourth-order valence-electron chi connectivity index (χ4n) is 1.34. The van der Waals surface area contributed by atoms with Gasteiger partial charge < -0.3 is 10.8 Å². The van der Waals surface area contributed by atoms with Gasteiger partial charge in [0.2, 0.25) is 0 Å². The maximum absolute atomic E-state index is 10.6. The van der Waals surface area contributed by atoms with E-state index < -0.39 is 5.97 Å². The second kappa shape index (κ2) is 4.98. The summed E-state index contributed by atoms with van der Waals surface area (Å²) in [6, 6.07) is 7.18. The quantitative estimate of drug-likeness (QED) is 0.803. The van der Waals surface area contributed by atoms with E-state index in [0.717, 1.165) is 5.56 Å². The molecule has 0 spiro atoms. The highest BCUT2D eigenvalue weighted by Crippen LogP contribution is 2.25. The minimum absolute atomic E-state index is 0.0141. The molecular weight excluding hydrogens is 202 g/mol. The largest absolute Gasteiger partial charge is 0.481 e. The van der Waals surface area contributed by atoms with Crippen molar-refractivity contribution in [2.75, 3.05) is 6.54 Å². The van der Waals surface area contributed by atoms with Gasteiger partial charge in [0.25, 0.3) is 0 Å². The molecule has 0 aliphatic carbocycles. The molecule has 0 aromatic heterocycles. The normalized spacial score (nSPS) is 12.4. The molecule has 1 aromatic rings. The van der Waals surface area contributed by atoms with E-state index in [2.05, 4.69) is 0 Å². The first-order chi connectivity index (χ1) is 6.65. The van der Waals surface area contributed by atoms with Gasteiger partial charge in [-0.05, 0) is 18.2 Å². The Kier molecular flexibility index (Phi) is 3.92. The lowest BCUT2D eigenvalue weighted by atomic mass is 9.96. The van der Waals surface area contributed by atoms with Crippen molar-refractivity contribution in [2.45, 2.75) is 12.3 Å². The van der Waals surface area contributed by atoms with Gasteiger partial charge in [-0.3, -0.25) is 4.79 Å². The van der Waals surface area contributed by atoms with E-state index in [0.29, 0.717) is 5.02 Å². The Morgan fingerprint density at radius 1 is 1.50 bits per heavy atom. The van der Waals surface area contributed by atoms with Crippen LogP contribution < -0.4 is 5.73 Å². The first-order valence-corrected chi connectivity index (χ1v) is 4.69. The lowest BCUT2D eigenvalue weighted by Gasteiger charge is -2.13. The van der Waals surface area contributed by atoms with Crippen LogP contribution in [0.3, 0.4) is 0 Å². The molecule has 0 radical (unpaired) electrons. The van der Waals surface area contributed by atoms with Crippen LogP contribution in [0.5, 0.6) is 0 Å². The molecule has 0 aliphatic rings. The second-order valence-corrected chi connectivity index (χ2v) is 3.46. The minimum Gasteiger partial charge on any atom is -0.481 e. The van der Waals surface area contributed by atoms with E-state index in [1.54, 1.807) is 12.1 Å². The molecule has 1 rings (SSSR count). The van der Waals surface area contributed by atoms with Gasteiger partial charge in [-0.25, -0.2) is 0 Å². The first-order valence-electron chi connectivity index (χ1n) is 4.31. The summed E-state index contributed by atoms with van der Waals surface area (Å²) >= 11 is 5.93. The Labute approximate surface area is 87.5 Å². The van der Waals surface area contributed by atoms with Gasteiger partial charge in [-0.2, -0.15) is 0 Å². The van der Waals surface area contributed by atoms with Gasteiger partial charge in [0.05, 0.1) is 6.42 Å². The number of carbonyl (C=O) groups is 1. The zero-order valence-electron chi connectivity index (χ0n) is 7.61. The lowest BCUT2D eigenvalue weighted by Crippen LogP contribution is -2.16. The molecule has 3 N–H and O–H groups in total. The van der Waals surface area contributed by atoms with Crippen molar-refractivity contribution in [2.24, 2.45) is 5.73 Å². The highest BCUT2D eigenvalue weighted by atomic mass is 35.5. The predicted molar refractivity (Wildman–Crippen MR) is 55.5 cm³/mol. The smallest absolute Gasteiger partial charge is 0.304 e. The Balaban J connectivity index is 2.89. The molecule has 4 heteroatoms. The van der Waals surface area contributed by atoms with Crippen LogP contribution in [0, 0.1) is 0 Å². The third-order valence-electron chi connectivity index (χ3n) is 2.05. The molecule has 14 heavy (non-hydrogen) atoms. The van der Waals surface area contributed by atoms with Crippen LogP contribution in [-0.4, -0.2) is 17.6 Å². The molecule has 0 bridgehead atoms. The van der Waals surface area contributed by atoms with E-state index in [1.807, 2.05) is 12.1 Å². The molecule has 76 valence electrons. The van der Waals surface area contributed by atoms with Crippen LogP contribution in [0.25, 0.3) is 0 Å². The third kappa shape index (κ3) is 2.72. The molecule has 1 atom stereocenters. The summed E-state index contributed by atoms with van der Waals surface area (Å²) in [5.41, 5.74) is 6.30. The van der Waals surface area contributed by atoms with Crippen LogP contribution in [0.1, 0.15) is 17.9 Å². The summed E-state index contributed by atoms with van der Waals surface area (Å²) in [7, 11) is 0. The second-order valence-electron chi connectivity index (χ2n) is 3.05. The SMILES string of the molecule is NCC(CC(=O)O)c1ccccc1Cl. The molecule has 0 heterocycles. The van der Waals surface area contributed by atoms with Gasteiger partial charge in [-0.1, -0.05) is 29.8 Å². The zero-order chi connectivity index (χ0) is 10.6. The number of rotatable bonds is 4. The van der Waals surface area contributed by atoms with Crippen molar-refractivity contribution in [3.05, 3.63) is 34.9 Å². The molecular formula is C10H12ClNO2. The summed E-state index contributed by atoms with van der Waals surface area (Å²) in [4.78, 5) is 10.6. The van der Waals surface area contributed by atoms with Crippen LogP contribution in [0.2, 0.25) is 5.02 Å². The van der Waals surface area contributed by atoms with E-state index in [1.165, 1.54) is 0 Å². The van der Waals surface area contributed by atoms with Gasteiger partial charge in [0.15, 0.2) is 0 Å².